The summed E-state index contributed by atoms with van der Waals surface area (Å²) < 4.78 is 0. The number of rotatable bonds is 1. The van der Waals surface area contributed by atoms with Crippen LogP contribution in [0.25, 0.3) is 0 Å². The number of fused-ring (bicyclic) bond motifs is 1. The van der Waals surface area contributed by atoms with Crippen LogP contribution >= 0.6 is 0 Å². The highest BCUT2D eigenvalue weighted by Crippen LogP contribution is 2.32. The minimum absolute atomic E-state index is 0.108. The lowest BCUT2D eigenvalue weighted by Crippen LogP contribution is -2.23. The summed E-state index contributed by atoms with van der Waals surface area (Å²) in [5, 5.41) is 0. The molecule has 1 aromatic heterocycles. The van der Waals surface area contributed by atoms with Crippen molar-refractivity contribution in [2.45, 2.75) is 46.2 Å². The lowest BCUT2D eigenvalue weighted by Gasteiger charge is -2.24. The van der Waals surface area contributed by atoms with E-state index in [-0.39, 0.29) is 5.41 Å². The van der Waals surface area contributed by atoms with Crippen molar-refractivity contribution in [1.82, 2.24) is 9.97 Å². The molecule has 1 aromatic carbocycles. The molecule has 0 atom stereocenters. The highest BCUT2D eigenvalue weighted by Gasteiger charge is 2.25. The normalized spacial score (nSPS) is 14.4. The molecule has 0 radical (unpaired) electrons. The average Bonchev–Trinajstić information content (AvgIpc) is 2.84. The first kappa shape index (κ1) is 13.9. The zero-order valence-corrected chi connectivity index (χ0v) is 13.1. The Morgan fingerprint density at radius 3 is 2.14 bits per heavy atom. The van der Waals surface area contributed by atoms with E-state index in [0.29, 0.717) is 5.82 Å². The van der Waals surface area contributed by atoms with Crippen molar-refractivity contribution in [3.8, 4) is 0 Å². The van der Waals surface area contributed by atoms with Gasteiger partial charge < -0.3 is 10.6 Å². The van der Waals surface area contributed by atoms with E-state index in [2.05, 4.69) is 54.9 Å². The van der Waals surface area contributed by atoms with Crippen molar-refractivity contribution in [3.63, 3.8) is 0 Å². The van der Waals surface area contributed by atoms with Crippen molar-refractivity contribution < 1.29 is 0 Å². The van der Waals surface area contributed by atoms with Gasteiger partial charge in [0.05, 0.1) is 0 Å². The van der Waals surface area contributed by atoms with Gasteiger partial charge in [0.25, 0.3) is 0 Å². The Kier molecular flexibility index (Phi) is 3.12. The van der Waals surface area contributed by atoms with Gasteiger partial charge in [-0.15, -0.1) is 0 Å². The second kappa shape index (κ2) is 4.72. The van der Waals surface area contributed by atoms with Gasteiger partial charge in [-0.3, -0.25) is 0 Å². The highest BCUT2D eigenvalue weighted by atomic mass is 15.2. The van der Waals surface area contributed by atoms with E-state index >= 15 is 0 Å². The molecule has 0 unspecified atom stereocenters. The molecule has 2 N–H and O–H groups in total. The summed E-state index contributed by atoms with van der Waals surface area (Å²) in [7, 11) is 0. The number of anilines is 2. The van der Waals surface area contributed by atoms with Gasteiger partial charge in [-0.05, 0) is 18.1 Å². The smallest absolute Gasteiger partial charge is 0.138 e. The molecule has 4 heteroatoms. The van der Waals surface area contributed by atoms with Crippen LogP contribution in [0.4, 0.5) is 11.6 Å². The molecule has 110 valence electrons. The Morgan fingerprint density at radius 2 is 1.62 bits per heavy atom. The van der Waals surface area contributed by atoms with Crippen LogP contribution in [0.5, 0.6) is 0 Å². The van der Waals surface area contributed by atoms with Crippen molar-refractivity contribution >= 4 is 11.6 Å². The van der Waals surface area contributed by atoms with Gasteiger partial charge in [-0.25, -0.2) is 9.97 Å². The second-order valence-electron chi connectivity index (χ2n) is 6.76. The van der Waals surface area contributed by atoms with Gasteiger partial charge in [0.1, 0.15) is 17.5 Å². The van der Waals surface area contributed by atoms with E-state index in [1.54, 1.807) is 0 Å². The van der Waals surface area contributed by atoms with Crippen LogP contribution in [0.2, 0.25) is 0 Å². The topological polar surface area (TPSA) is 55.0 Å². The molecule has 0 aliphatic carbocycles. The van der Waals surface area contributed by atoms with E-state index < -0.39 is 0 Å². The molecule has 2 heterocycles. The molecule has 1 aliphatic rings. The summed E-state index contributed by atoms with van der Waals surface area (Å²) in [5.41, 5.74) is 9.71. The Balaban J connectivity index is 2.02. The number of hydrogen-bond acceptors (Lipinski definition) is 4. The van der Waals surface area contributed by atoms with Gasteiger partial charge in [0.15, 0.2) is 0 Å². The molecule has 0 amide bonds. The molecule has 21 heavy (non-hydrogen) atoms. The van der Waals surface area contributed by atoms with Crippen molar-refractivity contribution in [3.05, 3.63) is 46.8 Å². The maximum absolute atomic E-state index is 6.11. The molecule has 4 nitrogen and oxygen atoms in total. The van der Waals surface area contributed by atoms with Crippen LogP contribution in [0.1, 0.15) is 43.3 Å². The number of aromatic nitrogens is 2. The zero-order valence-electron chi connectivity index (χ0n) is 13.1. The van der Waals surface area contributed by atoms with Crippen molar-refractivity contribution in [2.24, 2.45) is 0 Å². The number of nitrogen functional groups attached to an aromatic ring is 1. The monoisotopic (exact) mass is 282 g/mol. The molecule has 0 spiro atoms. The zero-order chi connectivity index (χ0) is 15.2. The van der Waals surface area contributed by atoms with E-state index in [9.17, 15) is 0 Å². The van der Waals surface area contributed by atoms with Crippen LogP contribution in [0.3, 0.4) is 0 Å². The van der Waals surface area contributed by atoms with Gasteiger partial charge in [-0.2, -0.15) is 0 Å². The van der Waals surface area contributed by atoms with E-state index in [1.807, 2.05) is 6.92 Å². The predicted octanol–water partition coefficient (Wildman–Crippen LogP) is 3.18. The predicted molar refractivity (Wildman–Crippen MR) is 86.2 cm³/mol. The molecule has 0 saturated heterocycles. The van der Waals surface area contributed by atoms with E-state index in [1.165, 1.54) is 11.1 Å². The summed E-state index contributed by atoms with van der Waals surface area (Å²) in [4.78, 5) is 11.6. The first-order valence-corrected chi connectivity index (χ1v) is 7.32. The Hall–Kier alpha value is -2.10. The molecule has 0 fully saturated rings. The highest BCUT2D eigenvalue weighted by molar-refractivity contribution is 5.59. The standard InChI is InChI=1S/C17H22N4/c1-11-14(18)19-16(17(2,3)4)20-15(11)21-9-12-7-5-6-8-13(12)10-21/h5-8H,9-10H2,1-4H3,(H2,18,19,20). The first-order valence-electron chi connectivity index (χ1n) is 7.32. The van der Waals surface area contributed by atoms with E-state index in [0.717, 1.165) is 30.3 Å². The largest absolute Gasteiger partial charge is 0.383 e. The molecule has 0 bridgehead atoms. The SMILES string of the molecule is Cc1c(N)nc(C(C)(C)C)nc1N1Cc2ccccc2C1. The molecular weight excluding hydrogens is 260 g/mol. The maximum atomic E-state index is 6.11. The number of hydrogen-bond donors (Lipinski definition) is 1. The van der Waals surface area contributed by atoms with Gasteiger partial charge >= 0.3 is 0 Å². The van der Waals surface area contributed by atoms with Crippen LogP contribution < -0.4 is 10.6 Å². The van der Waals surface area contributed by atoms with Crippen molar-refractivity contribution in [2.75, 3.05) is 10.6 Å². The molecule has 1 aliphatic heterocycles. The van der Waals surface area contributed by atoms with Gasteiger partial charge in [-0.1, -0.05) is 45.0 Å². The average molecular weight is 282 g/mol. The maximum Gasteiger partial charge on any atom is 0.138 e. The first-order chi connectivity index (χ1) is 9.86. The van der Waals surface area contributed by atoms with Gasteiger partial charge in [0.2, 0.25) is 0 Å². The molecule has 3 rings (SSSR count). The minimum Gasteiger partial charge on any atom is -0.383 e. The quantitative estimate of drug-likeness (QED) is 0.872. The Bertz CT molecular complexity index is 661. The third-order valence-electron chi connectivity index (χ3n) is 3.97. The fourth-order valence-corrected chi connectivity index (χ4v) is 2.65. The van der Waals surface area contributed by atoms with E-state index in [4.69, 9.17) is 10.7 Å². The summed E-state index contributed by atoms with van der Waals surface area (Å²) in [6.07, 6.45) is 0. The molecular formula is C17H22N4. The number of benzene rings is 1. The molecule has 2 aromatic rings. The van der Waals surface area contributed by atoms with Gasteiger partial charge in [0, 0.05) is 24.1 Å². The van der Waals surface area contributed by atoms with Crippen LogP contribution in [0, 0.1) is 6.92 Å². The second-order valence-corrected chi connectivity index (χ2v) is 6.76. The third-order valence-corrected chi connectivity index (χ3v) is 3.97. The lowest BCUT2D eigenvalue weighted by molar-refractivity contribution is 0.544. The summed E-state index contributed by atoms with van der Waals surface area (Å²) in [5.74, 6) is 2.35. The summed E-state index contributed by atoms with van der Waals surface area (Å²) in [6, 6.07) is 8.54. The fraction of sp³-hybridized carbons (Fsp3) is 0.412. The minimum atomic E-state index is -0.108. The molecule has 0 saturated carbocycles. The number of nitrogens with zero attached hydrogens (tertiary/aromatic N) is 3. The Labute approximate surface area is 126 Å². The fourth-order valence-electron chi connectivity index (χ4n) is 2.65. The Morgan fingerprint density at radius 1 is 1.05 bits per heavy atom. The number of nitrogens with two attached hydrogens (primary N) is 1. The van der Waals surface area contributed by atoms with Crippen LogP contribution in [-0.2, 0) is 18.5 Å². The third kappa shape index (κ3) is 2.46. The summed E-state index contributed by atoms with van der Waals surface area (Å²) >= 11 is 0. The van der Waals surface area contributed by atoms with Crippen LogP contribution in [0.15, 0.2) is 24.3 Å². The lowest BCUT2D eigenvalue weighted by atomic mass is 9.95. The summed E-state index contributed by atoms with van der Waals surface area (Å²) in [6.45, 7) is 10.1. The van der Waals surface area contributed by atoms with Crippen molar-refractivity contribution in [1.29, 1.82) is 0 Å². The van der Waals surface area contributed by atoms with Crippen LogP contribution in [-0.4, -0.2) is 9.97 Å².